The Labute approximate surface area is 257 Å². The third-order valence-corrected chi connectivity index (χ3v) is 9.18. The maximum absolute atomic E-state index is 11.4. The number of hydrogen-bond donors (Lipinski definition) is 2. The van der Waals surface area contributed by atoms with Gasteiger partial charge in [-0.3, -0.25) is 0 Å². The van der Waals surface area contributed by atoms with E-state index in [1.165, 1.54) is 154 Å². The molecule has 41 heavy (non-hydrogen) atoms. The number of benzene rings is 1. The molecule has 240 valence electrons. The van der Waals surface area contributed by atoms with Crippen molar-refractivity contribution in [3.05, 3.63) is 22.8 Å². The van der Waals surface area contributed by atoms with Crippen LogP contribution in [-0.4, -0.2) is 10.2 Å². The van der Waals surface area contributed by atoms with Crippen molar-refractivity contribution in [2.75, 3.05) is 0 Å². The smallest absolute Gasteiger partial charge is 0.122 e. The first-order valence-electron chi connectivity index (χ1n) is 18.7. The van der Waals surface area contributed by atoms with Gasteiger partial charge >= 0.3 is 0 Å². The third kappa shape index (κ3) is 19.6. The molecule has 0 heterocycles. The lowest BCUT2D eigenvalue weighted by atomic mass is 9.91. The highest BCUT2D eigenvalue weighted by atomic mass is 16.3. The van der Waals surface area contributed by atoms with Crippen LogP contribution in [0.3, 0.4) is 0 Å². The molecular weight excluding hydrogens is 500 g/mol. The van der Waals surface area contributed by atoms with Gasteiger partial charge in [0.2, 0.25) is 0 Å². The van der Waals surface area contributed by atoms with Crippen LogP contribution in [0, 0.1) is 0 Å². The highest BCUT2D eigenvalue weighted by molar-refractivity contribution is 5.53. The van der Waals surface area contributed by atoms with Crippen molar-refractivity contribution in [3.63, 3.8) is 0 Å². The lowest BCUT2D eigenvalue weighted by molar-refractivity contribution is 0.437. The highest BCUT2D eigenvalue weighted by Crippen LogP contribution is 2.36. The number of unbranched alkanes of at least 4 members (excludes halogenated alkanes) is 24. The summed E-state index contributed by atoms with van der Waals surface area (Å²) < 4.78 is 0. The lowest BCUT2D eigenvalue weighted by Gasteiger charge is -2.17. The normalized spacial score (nSPS) is 11.5. The Morgan fingerprint density at radius 1 is 0.366 bits per heavy atom. The molecule has 1 aromatic carbocycles. The van der Waals surface area contributed by atoms with E-state index in [1.54, 1.807) is 0 Å². The van der Waals surface area contributed by atoms with Crippen molar-refractivity contribution < 1.29 is 10.2 Å². The molecule has 1 rings (SSSR count). The zero-order valence-electron chi connectivity index (χ0n) is 28.2. The summed E-state index contributed by atoms with van der Waals surface area (Å²) in [6.45, 7) is 6.84. The van der Waals surface area contributed by atoms with Gasteiger partial charge in [0.1, 0.15) is 11.5 Å². The summed E-state index contributed by atoms with van der Waals surface area (Å²) in [5.41, 5.74) is 3.09. The molecule has 0 unspecified atom stereocenters. The Hall–Kier alpha value is -1.18. The fourth-order valence-electron chi connectivity index (χ4n) is 6.40. The second-order valence-corrected chi connectivity index (χ2v) is 13.1. The molecule has 0 aliphatic heterocycles. The first-order valence-corrected chi connectivity index (χ1v) is 18.7. The first-order chi connectivity index (χ1) is 20.2. The molecule has 2 nitrogen and oxygen atoms in total. The van der Waals surface area contributed by atoms with E-state index < -0.39 is 0 Å². The average molecular weight is 573 g/mol. The zero-order valence-corrected chi connectivity index (χ0v) is 28.2. The molecule has 2 heteroatoms. The largest absolute Gasteiger partial charge is 0.508 e. The van der Waals surface area contributed by atoms with Crippen molar-refractivity contribution in [1.82, 2.24) is 0 Å². The SMILES string of the molecule is CCCCCCCCCCCc1cc(O)c(CCCCCCCCCCC)c(CCCCCCCCCCC)c1O. The van der Waals surface area contributed by atoms with Crippen molar-refractivity contribution in [2.45, 2.75) is 213 Å². The minimum absolute atomic E-state index is 0.444. The topological polar surface area (TPSA) is 40.5 Å². The average Bonchev–Trinajstić information content (AvgIpc) is 2.97. The second-order valence-electron chi connectivity index (χ2n) is 13.1. The van der Waals surface area contributed by atoms with Crippen LogP contribution < -0.4 is 0 Å². The molecular formula is C39H72O2. The summed E-state index contributed by atoms with van der Waals surface area (Å²) in [4.78, 5) is 0. The van der Waals surface area contributed by atoms with Gasteiger partial charge < -0.3 is 10.2 Å². The molecule has 0 fully saturated rings. The zero-order chi connectivity index (χ0) is 29.8. The van der Waals surface area contributed by atoms with Crippen LogP contribution in [0.2, 0.25) is 0 Å². The van der Waals surface area contributed by atoms with Crippen molar-refractivity contribution >= 4 is 0 Å². The fraction of sp³-hybridized carbons (Fsp3) is 0.846. The fourth-order valence-corrected chi connectivity index (χ4v) is 6.40. The lowest BCUT2D eigenvalue weighted by Crippen LogP contribution is -2.01. The van der Waals surface area contributed by atoms with E-state index in [-0.39, 0.29) is 0 Å². The Morgan fingerprint density at radius 3 is 1.02 bits per heavy atom. The van der Waals surface area contributed by atoms with Crippen LogP contribution in [0.15, 0.2) is 6.07 Å². The molecule has 0 radical (unpaired) electrons. The minimum Gasteiger partial charge on any atom is -0.508 e. The van der Waals surface area contributed by atoms with Gasteiger partial charge in [0, 0.05) is 11.1 Å². The Morgan fingerprint density at radius 2 is 0.659 bits per heavy atom. The van der Waals surface area contributed by atoms with Gasteiger partial charge in [-0.05, 0) is 50.2 Å². The van der Waals surface area contributed by atoms with Gasteiger partial charge in [-0.2, -0.15) is 0 Å². The highest BCUT2D eigenvalue weighted by Gasteiger charge is 2.17. The van der Waals surface area contributed by atoms with E-state index in [0.29, 0.717) is 11.5 Å². The number of hydrogen-bond acceptors (Lipinski definition) is 2. The molecule has 2 N–H and O–H groups in total. The summed E-state index contributed by atoms with van der Waals surface area (Å²) in [5, 5.41) is 22.5. The monoisotopic (exact) mass is 573 g/mol. The van der Waals surface area contributed by atoms with Gasteiger partial charge in [-0.15, -0.1) is 0 Å². The van der Waals surface area contributed by atoms with E-state index in [2.05, 4.69) is 20.8 Å². The Bertz CT molecular complexity index is 710. The molecule has 0 saturated heterocycles. The van der Waals surface area contributed by atoms with Crippen molar-refractivity contribution in [1.29, 1.82) is 0 Å². The summed E-state index contributed by atoms with van der Waals surface area (Å²) in [7, 11) is 0. The second kappa shape index (κ2) is 27.6. The molecule has 0 amide bonds. The molecule has 1 aromatic rings. The van der Waals surface area contributed by atoms with E-state index in [9.17, 15) is 10.2 Å². The number of phenolic OH excluding ortho intramolecular Hbond substituents is 2. The van der Waals surface area contributed by atoms with Gasteiger partial charge in [0.05, 0.1) is 0 Å². The minimum atomic E-state index is 0.444. The Kier molecular flexibility index (Phi) is 25.5. The summed E-state index contributed by atoms with van der Waals surface area (Å²) in [6, 6.07) is 1.91. The molecule has 0 saturated carbocycles. The number of aromatic hydroxyl groups is 2. The quantitative estimate of drug-likeness (QED) is 0.0711. The predicted molar refractivity (Wildman–Crippen MR) is 183 cm³/mol. The molecule has 0 spiro atoms. The molecule has 0 bridgehead atoms. The van der Waals surface area contributed by atoms with Crippen LogP contribution >= 0.6 is 0 Å². The molecule has 0 aliphatic carbocycles. The van der Waals surface area contributed by atoms with Gasteiger partial charge in [0.15, 0.2) is 0 Å². The standard InChI is InChI=1S/C39H72O2/c1-4-7-10-13-16-19-22-25-28-31-35-34-38(40)36(32-29-26-23-20-17-14-11-8-5-2)37(39(35)41)33-30-27-24-21-18-15-12-9-6-3/h34,40-41H,4-33H2,1-3H3. The molecule has 0 aromatic heterocycles. The van der Waals surface area contributed by atoms with Crippen LogP contribution in [0.5, 0.6) is 11.5 Å². The summed E-state index contributed by atoms with van der Waals surface area (Å²) in [6.07, 6.45) is 38.1. The van der Waals surface area contributed by atoms with Gasteiger partial charge in [0.25, 0.3) is 0 Å². The van der Waals surface area contributed by atoms with Crippen molar-refractivity contribution in [3.8, 4) is 11.5 Å². The summed E-state index contributed by atoms with van der Waals surface area (Å²) in [5.74, 6) is 0.951. The van der Waals surface area contributed by atoms with E-state index in [1.807, 2.05) is 6.07 Å². The summed E-state index contributed by atoms with van der Waals surface area (Å²) >= 11 is 0. The molecule has 0 aliphatic rings. The van der Waals surface area contributed by atoms with E-state index in [4.69, 9.17) is 0 Å². The predicted octanol–water partition coefficient (Wildman–Crippen LogP) is 13.3. The van der Waals surface area contributed by atoms with E-state index in [0.717, 1.165) is 55.2 Å². The van der Waals surface area contributed by atoms with Crippen LogP contribution in [0.4, 0.5) is 0 Å². The Balaban J connectivity index is 2.58. The van der Waals surface area contributed by atoms with Crippen LogP contribution in [0.25, 0.3) is 0 Å². The van der Waals surface area contributed by atoms with E-state index >= 15 is 0 Å². The number of rotatable bonds is 30. The van der Waals surface area contributed by atoms with Gasteiger partial charge in [-0.25, -0.2) is 0 Å². The molecule has 0 atom stereocenters. The maximum Gasteiger partial charge on any atom is 0.122 e. The van der Waals surface area contributed by atoms with Crippen molar-refractivity contribution in [2.24, 2.45) is 0 Å². The number of phenols is 2. The third-order valence-electron chi connectivity index (χ3n) is 9.18. The first kappa shape index (κ1) is 37.8. The number of aryl methyl sites for hydroxylation is 1. The van der Waals surface area contributed by atoms with Crippen LogP contribution in [0.1, 0.15) is 211 Å². The van der Waals surface area contributed by atoms with Crippen LogP contribution in [-0.2, 0) is 19.3 Å². The maximum atomic E-state index is 11.4. The van der Waals surface area contributed by atoms with Gasteiger partial charge in [-0.1, -0.05) is 175 Å².